The van der Waals surface area contributed by atoms with E-state index in [9.17, 15) is 19.1 Å². The summed E-state index contributed by atoms with van der Waals surface area (Å²) in [5.41, 5.74) is 0.545. The lowest BCUT2D eigenvalue weighted by Crippen LogP contribution is -2.29. The third-order valence-electron chi connectivity index (χ3n) is 5.58. The fourth-order valence-corrected chi connectivity index (χ4v) is 3.99. The van der Waals surface area contributed by atoms with Crippen molar-refractivity contribution in [3.05, 3.63) is 113 Å². The Balaban J connectivity index is 1.65. The van der Waals surface area contributed by atoms with E-state index in [4.69, 9.17) is 9.26 Å². The highest BCUT2D eigenvalue weighted by molar-refractivity contribution is 6.51. The zero-order chi connectivity index (χ0) is 24.5. The number of para-hydroxylation sites is 1. The average molecular weight is 470 g/mol. The monoisotopic (exact) mass is 470 g/mol. The molecule has 0 aliphatic carbocycles. The maximum Gasteiger partial charge on any atom is 0.301 e. The zero-order valence-corrected chi connectivity index (χ0v) is 18.5. The van der Waals surface area contributed by atoms with Crippen LogP contribution in [0.1, 0.15) is 22.9 Å². The molecule has 1 unspecified atom stereocenters. The Kier molecular flexibility index (Phi) is 5.62. The minimum Gasteiger partial charge on any atom is -0.507 e. The SMILES string of the molecule is Cc1cc(N2C(=O)C(=O)/C(=C(/O)c3ccc(F)cc3)C2c2cccc(Oc3ccccc3)c2)no1. The van der Waals surface area contributed by atoms with Crippen LogP contribution in [0, 0.1) is 12.7 Å². The predicted molar refractivity (Wildman–Crippen MR) is 125 cm³/mol. The number of halogens is 1. The first-order valence-corrected chi connectivity index (χ1v) is 10.8. The van der Waals surface area contributed by atoms with Crippen LogP contribution in [-0.2, 0) is 9.59 Å². The van der Waals surface area contributed by atoms with Crippen molar-refractivity contribution in [3.8, 4) is 11.5 Å². The van der Waals surface area contributed by atoms with E-state index in [0.717, 1.165) is 12.1 Å². The number of amides is 1. The molecule has 0 radical (unpaired) electrons. The second kappa shape index (κ2) is 8.90. The number of aliphatic hydroxyl groups is 1. The molecule has 1 fully saturated rings. The summed E-state index contributed by atoms with van der Waals surface area (Å²) < 4.78 is 24.5. The molecule has 1 aromatic heterocycles. The quantitative estimate of drug-likeness (QED) is 0.234. The van der Waals surface area contributed by atoms with Crippen molar-refractivity contribution in [3.63, 3.8) is 0 Å². The van der Waals surface area contributed by atoms with Gasteiger partial charge in [0, 0.05) is 11.6 Å². The number of benzene rings is 3. The second-order valence-corrected chi connectivity index (χ2v) is 7.96. The Labute approximate surface area is 199 Å². The average Bonchev–Trinajstić information content (AvgIpc) is 3.40. The molecule has 5 rings (SSSR count). The molecule has 1 aliphatic heterocycles. The molecule has 2 heterocycles. The van der Waals surface area contributed by atoms with E-state index in [1.54, 1.807) is 43.3 Å². The maximum atomic E-state index is 13.5. The highest BCUT2D eigenvalue weighted by Gasteiger charge is 2.48. The standard InChI is InChI=1S/C27H19FN2O5/c1-16-14-22(29-35-16)30-24(18-6-5-9-21(15-18)34-20-7-3-2-4-8-20)23(26(32)27(30)33)25(31)17-10-12-19(28)13-11-17/h2-15,24,31H,1H3/b25-23+. The third kappa shape index (κ3) is 4.17. The number of hydrogen-bond acceptors (Lipinski definition) is 6. The largest absolute Gasteiger partial charge is 0.507 e. The minimum absolute atomic E-state index is 0.127. The Bertz CT molecular complexity index is 1440. The molecule has 35 heavy (non-hydrogen) atoms. The van der Waals surface area contributed by atoms with Gasteiger partial charge in [0.15, 0.2) is 5.82 Å². The van der Waals surface area contributed by atoms with Gasteiger partial charge in [0.1, 0.15) is 28.8 Å². The topological polar surface area (TPSA) is 92.9 Å². The summed E-state index contributed by atoms with van der Waals surface area (Å²) in [6.45, 7) is 1.66. The van der Waals surface area contributed by atoms with Gasteiger partial charge in [-0.25, -0.2) is 4.39 Å². The van der Waals surface area contributed by atoms with Gasteiger partial charge in [-0.15, -0.1) is 0 Å². The predicted octanol–water partition coefficient (Wildman–Crippen LogP) is 5.54. The van der Waals surface area contributed by atoms with Crippen LogP contribution in [0.4, 0.5) is 10.2 Å². The van der Waals surface area contributed by atoms with Gasteiger partial charge in [0.2, 0.25) is 0 Å². The molecule has 0 spiro atoms. The summed E-state index contributed by atoms with van der Waals surface area (Å²) >= 11 is 0. The van der Waals surface area contributed by atoms with Crippen molar-refractivity contribution in [1.29, 1.82) is 0 Å². The van der Waals surface area contributed by atoms with Crippen molar-refractivity contribution < 1.29 is 28.3 Å². The highest BCUT2D eigenvalue weighted by Crippen LogP contribution is 2.42. The molecule has 0 saturated carbocycles. The van der Waals surface area contributed by atoms with Gasteiger partial charge < -0.3 is 14.4 Å². The Morgan fingerprint density at radius 2 is 1.69 bits per heavy atom. The Hall–Kier alpha value is -4.72. The van der Waals surface area contributed by atoms with E-state index in [1.807, 2.05) is 18.2 Å². The molecule has 1 N–H and O–H groups in total. The van der Waals surface area contributed by atoms with Gasteiger partial charge in [-0.05, 0) is 61.0 Å². The Morgan fingerprint density at radius 1 is 0.971 bits per heavy atom. The van der Waals surface area contributed by atoms with E-state index >= 15 is 0 Å². The molecular formula is C27H19FN2O5. The van der Waals surface area contributed by atoms with Crippen molar-refractivity contribution in [2.75, 3.05) is 4.90 Å². The first-order chi connectivity index (χ1) is 16.9. The number of aliphatic hydroxyl groups excluding tert-OH is 1. The van der Waals surface area contributed by atoms with Gasteiger partial charge in [-0.2, -0.15) is 0 Å². The van der Waals surface area contributed by atoms with Crippen LogP contribution in [0.2, 0.25) is 0 Å². The molecule has 8 heteroatoms. The number of hydrogen-bond donors (Lipinski definition) is 1. The number of aromatic nitrogens is 1. The van der Waals surface area contributed by atoms with E-state index in [2.05, 4.69) is 5.16 Å². The lowest BCUT2D eigenvalue weighted by molar-refractivity contribution is -0.132. The molecule has 1 amide bonds. The van der Waals surface area contributed by atoms with Crippen LogP contribution in [0.5, 0.6) is 11.5 Å². The first-order valence-electron chi connectivity index (χ1n) is 10.8. The van der Waals surface area contributed by atoms with Crippen molar-refractivity contribution in [2.24, 2.45) is 0 Å². The fourth-order valence-electron chi connectivity index (χ4n) is 3.99. The number of carbonyl (C=O) groups is 2. The smallest absolute Gasteiger partial charge is 0.301 e. The highest BCUT2D eigenvalue weighted by atomic mass is 19.1. The number of anilines is 1. The van der Waals surface area contributed by atoms with E-state index in [-0.39, 0.29) is 17.0 Å². The number of nitrogens with zero attached hydrogens (tertiary/aromatic N) is 2. The fraction of sp³-hybridized carbons (Fsp3) is 0.0741. The molecule has 174 valence electrons. The summed E-state index contributed by atoms with van der Waals surface area (Å²) in [5.74, 6) is -1.04. The lowest BCUT2D eigenvalue weighted by Gasteiger charge is -2.23. The summed E-state index contributed by atoms with van der Waals surface area (Å²) in [7, 11) is 0. The van der Waals surface area contributed by atoms with Gasteiger partial charge in [-0.3, -0.25) is 14.5 Å². The van der Waals surface area contributed by atoms with Crippen LogP contribution >= 0.6 is 0 Å². The van der Waals surface area contributed by atoms with Crippen molar-refractivity contribution in [1.82, 2.24) is 5.16 Å². The summed E-state index contributed by atoms with van der Waals surface area (Å²) in [6, 6.07) is 21.5. The van der Waals surface area contributed by atoms with Crippen LogP contribution in [0.3, 0.4) is 0 Å². The number of Topliss-reactive ketones (excluding diaryl/α,β-unsaturated/α-hetero) is 1. The van der Waals surface area contributed by atoms with Gasteiger partial charge in [-0.1, -0.05) is 35.5 Å². The number of aryl methyl sites for hydroxylation is 1. The van der Waals surface area contributed by atoms with Crippen LogP contribution < -0.4 is 9.64 Å². The van der Waals surface area contributed by atoms with Crippen molar-refractivity contribution >= 4 is 23.3 Å². The van der Waals surface area contributed by atoms with Crippen LogP contribution in [-0.4, -0.2) is 22.0 Å². The minimum atomic E-state index is -1.02. The number of ketones is 1. The second-order valence-electron chi connectivity index (χ2n) is 7.96. The maximum absolute atomic E-state index is 13.5. The lowest BCUT2D eigenvalue weighted by atomic mass is 9.95. The van der Waals surface area contributed by atoms with E-state index < -0.39 is 29.3 Å². The van der Waals surface area contributed by atoms with Crippen LogP contribution in [0.25, 0.3) is 5.76 Å². The third-order valence-corrected chi connectivity index (χ3v) is 5.58. The van der Waals surface area contributed by atoms with Crippen LogP contribution in [0.15, 0.2) is 95.0 Å². The van der Waals surface area contributed by atoms with Gasteiger partial charge in [0.05, 0.1) is 11.6 Å². The molecule has 1 saturated heterocycles. The summed E-state index contributed by atoms with van der Waals surface area (Å²) in [5, 5.41) is 15.0. The normalized spacial score (nSPS) is 17.1. The number of ether oxygens (including phenoxy) is 1. The molecule has 3 aromatic carbocycles. The summed E-state index contributed by atoms with van der Waals surface area (Å²) in [4.78, 5) is 27.5. The van der Waals surface area contributed by atoms with E-state index in [1.165, 1.54) is 23.1 Å². The molecule has 1 atom stereocenters. The molecular weight excluding hydrogens is 451 g/mol. The van der Waals surface area contributed by atoms with Gasteiger partial charge in [0.25, 0.3) is 5.78 Å². The molecule has 1 aliphatic rings. The first kappa shape index (κ1) is 22.1. The summed E-state index contributed by atoms with van der Waals surface area (Å²) in [6.07, 6.45) is 0. The zero-order valence-electron chi connectivity index (χ0n) is 18.5. The molecule has 4 aromatic rings. The van der Waals surface area contributed by atoms with Gasteiger partial charge >= 0.3 is 5.91 Å². The molecule has 7 nitrogen and oxygen atoms in total. The van der Waals surface area contributed by atoms with E-state index in [0.29, 0.717) is 22.8 Å². The van der Waals surface area contributed by atoms with Crippen molar-refractivity contribution in [2.45, 2.75) is 13.0 Å². The number of rotatable bonds is 5. The number of carbonyl (C=O) groups excluding carboxylic acids is 2. The Morgan fingerprint density at radius 3 is 2.37 bits per heavy atom. The molecule has 0 bridgehead atoms.